The third-order valence-electron chi connectivity index (χ3n) is 1.25. The Morgan fingerprint density at radius 1 is 1.00 bits per heavy atom. The Bertz CT molecular complexity index is 217. The van der Waals surface area contributed by atoms with Crippen LogP contribution in [0.15, 0.2) is 30.3 Å². The molecule has 0 nitrogen and oxygen atoms in total. The molecule has 0 amide bonds. The second kappa shape index (κ2) is 4.69. The van der Waals surface area contributed by atoms with Gasteiger partial charge in [-0.25, -0.2) is 0 Å². The van der Waals surface area contributed by atoms with Crippen molar-refractivity contribution in [2.24, 2.45) is 0 Å². The predicted octanol–water partition coefficient (Wildman–Crippen LogP) is 4.27. The van der Waals surface area contributed by atoms with Crippen molar-refractivity contribution in [3.63, 3.8) is 0 Å². The van der Waals surface area contributed by atoms with E-state index < -0.39 is 13.2 Å². The van der Waals surface area contributed by atoms with Gasteiger partial charge >= 0.3 is 89.9 Å². The molecule has 1 aromatic rings. The summed E-state index contributed by atoms with van der Waals surface area (Å²) in [6, 6.07) is 10.5. The SMILES string of the molecule is [Br][Zr]([Br])([Br])[CH2]c1ccccc1. The van der Waals surface area contributed by atoms with Gasteiger partial charge in [0.05, 0.1) is 0 Å². The zero-order chi connectivity index (χ0) is 8.32. The average molecular weight is 422 g/mol. The van der Waals surface area contributed by atoms with E-state index in [1.807, 2.05) is 6.07 Å². The Kier molecular flexibility index (Phi) is 4.53. The molecule has 0 unspecified atom stereocenters. The van der Waals surface area contributed by atoms with Crippen LogP contribution in [0.4, 0.5) is 0 Å². The van der Waals surface area contributed by atoms with Crippen LogP contribution in [0.3, 0.4) is 0 Å². The summed E-state index contributed by atoms with van der Waals surface area (Å²) in [7, 11) is 0. The molecule has 0 atom stereocenters. The van der Waals surface area contributed by atoms with Gasteiger partial charge in [-0.3, -0.25) is 0 Å². The average Bonchev–Trinajstić information content (AvgIpc) is 1.85. The van der Waals surface area contributed by atoms with Crippen molar-refractivity contribution in [2.45, 2.75) is 4.13 Å². The third-order valence-corrected chi connectivity index (χ3v) is 8.21. The zero-order valence-electron chi connectivity index (χ0n) is 5.73. The maximum absolute atomic E-state index is 3.66. The van der Waals surface area contributed by atoms with E-state index in [0.29, 0.717) is 0 Å². The summed E-state index contributed by atoms with van der Waals surface area (Å²) in [5, 5.41) is 0. The van der Waals surface area contributed by atoms with Crippen LogP contribution in [0.2, 0.25) is 0 Å². The van der Waals surface area contributed by atoms with Gasteiger partial charge in [0, 0.05) is 0 Å². The van der Waals surface area contributed by atoms with Crippen LogP contribution in [0, 0.1) is 0 Å². The fourth-order valence-electron chi connectivity index (χ4n) is 0.827. The van der Waals surface area contributed by atoms with Crippen LogP contribution in [0.1, 0.15) is 5.56 Å². The van der Waals surface area contributed by atoms with Crippen molar-refractivity contribution in [1.82, 2.24) is 0 Å². The summed E-state index contributed by atoms with van der Waals surface area (Å²) in [4.78, 5) is 0. The Morgan fingerprint density at radius 2 is 1.55 bits per heavy atom. The van der Waals surface area contributed by atoms with E-state index in [1.54, 1.807) is 0 Å². The maximum atomic E-state index is 3.66. The van der Waals surface area contributed by atoms with E-state index in [0.717, 1.165) is 4.13 Å². The minimum absolute atomic E-state index is 1.12. The van der Waals surface area contributed by atoms with Crippen LogP contribution in [-0.4, -0.2) is 0 Å². The molecule has 1 aromatic carbocycles. The summed E-state index contributed by atoms with van der Waals surface area (Å²) < 4.78 is 1.12. The Labute approximate surface area is 88.5 Å². The molecule has 0 aliphatic heterocycles. The molecule has 0 saturated carbocycles. The van der Waals surface area contributed by atoms with Gasteiger partial charge < -0.3 is 0 Å². The van der Waals surface area contributed by atoms with Crippen molar-refractivity contribution in [3.8, 4) is 0 Å². The number of hydrogen-bond donors (Lipinski definition) is 0. The van der Waals surface area contributed by atoms with Gasteiger partial charge in [0.25, 0.3) is 0 Å². The second-order valence-corrected chi connectivity index (χ2v) is 49.1. The van der Waals surface area contributed by atoms with Gasteiger partial charge in [-0.05, 0) is 0 Å². The molecule has 0 fully saturated rings. The third kappa shape index (κ3) is 4.97. The molecular weight excluding hydrogens is 415 g/mol. The molecule has 0 spiro atoms. The van der Waals surface area contributed by atoms with Gasteiger partial charge in [0.1, 0.15) is 0 Å². The number of benzene rings is 1. The summed E-state index contributed by atoms with van der Waals surface area (Å²) in [5.74, 6) is 0. The fraction of sp³-hybridized carbons (Fsp3) is 0.143. The van der Waals surface area contributed by atoms with Gasteiger partial charge in [0.15, 0.2) is 0 Å². The Hall–Kier alpha value is 1.54. The first kappa shape index (κ1) is 10.6. The van der Waals surface area contributed by atoms with Crippen LogP contribution < -0.4 is 0 Å². The molecule has 4 heteroatoms. The van der Waals surface area contributed by atoms with Crippen molar-refractivity contribution in [1.29, 1.82) is 0 Å². The molecule has 1 rings (SSSR count). The molecule has 0 heterocycles. The summed E-state index contributed by atoms with van der Waals surface area (Å²) >= 11 is 8.85. The van der Waals surface area contributed by atoms with Crippen molar-refractivity contribution < 1.29 is 13.2 Å². The van der Waals surface area contributed by atoms with Gasteiger partial charge in [-0.1, -0.05) is 0 Å². The first-order valence-electron chi connectivity index (χ1n) is 3.18. The summed E-state index contributed by atoms with van der Waals surface area (Å²) in [6.45, 7) is 0. The van der Waals surface area contributed by atoms with E-state index in [4.69, 9.17) is 0 Å². The fourth-order valence-corrected chi connectivity index (χ4v) is 8.29. The van der Waals surface area contributed by atoms with Crippen LogP contribution in [-0.2, 0) is 17.3 Å². The van der Waals surface area contributed by atoms with E-state index in [1.165, 1.54) is 5.56 Å². The Morgan fingerprint density at radius 3 is 2.00 bits per heavy atom. The van der Waals surface area contributed by atoms with Crippen molar-refractivity contribution in [2.75, 3.05) is 0 Å². The number of rotatable bonds is 2. The summed E-state index contributed by atoms with van der Waals surface area (Å²) in [6.07, 6.45) is 0. The molecule has 0 saturated heterocycles. The van der Waals surface area contributed by atoms with E-state index >= 15 is 0 Å². The molecule has 0 N–H and O–H groups in total. The van der Waals surface area contributed by atoms with Gasteiger partial charge in [-0.2, -0.15) is 0 Å². The molecule has 0 bridgehead atoms. The standard InChI is InChI=1S/C7H7.3BrH.Zr/c1-7-5-3-2-4-6-7;;;;/h2-6H,1H2;3*1H;/q;;;;+3/p-3. The number of hydrogen-bond acceptors (Lipinski definition) is 0. The normalized spacial score (nSPS) is 11.5. The van der Waals surface area contributed by atoms with Crippen LogP contribution >= 0.6 is 36.7 Å². The minimum atomic E-state index is -2.13. The molecule has 11 heavy (non-hydrogen) atoms. The van der Waals surface area contributed by atoms with Gasteiger partial charge in [0.2, 0.25) is 0 Å². The van der Waals surface area contributed by atoms with Crippen molar-refractivity contribution in [3.05, 3.63) is 35.9 Å². The summed E-state index contributed by atoms with van der Waals surface area (Å²) in [5.41, 5.74) is 1.38. The monoisotopic (exact) mass is 418 g/mol. The molecule has 0 aromatic heterocycles. The zero-order valence-corrected chi connectivity index (χ0v) is 12.9. The molecule has 60 valence electrons. The van der Waals surface area contributed by atoms with E-state index in [9.17, 15) is 0 Å². The molecule has 0 aliphatic rings. The molecule has 0 aliphatic carbocycles. The van der Waals surface area contributed by atoms with Crippen LogP contribution in [0.25, 0.3) is 0 Å². The molecule has 0 radical (unpaired) electrons. The second-order valence-electron chi connectivity index (χ2n) is 2.28. The van der Waals surface area contributed by atoms with E-state index in [2.05, 4.69) is 60.9 Å². The predicted molar refractivity (Wildman–Crippen MR) is 56.9 cm³/mol. The van der Waals surface area contributed by atoms with Crippen LogP contribution in [0.5, 0.6) is 0 Å². The first-order valence-corrected chi connectivity index (χ1v) is 21.8. The van der Waals surface area contributed by atoms with Crippen molar-refractivity contribution >= 4 is 36.7 Å². The first-order chi connectivity index (χ1) is 5.08. The topological polar surface area (TPSA) is 0 Å². The number of halogens is 3. The van der Waals surface area contributed by atoms with E-state index in [-0.39, 0.29) is 0 Å². The quantitative estimate of drug-likeness (QED) is 0.668. The molecular formula is C7H7Br3Zr. The van der Waals surface area contributed by atoms with Gasteiger partial charge in [-0.15, -0.1) is 0 Å². The Balaban J connectivity index is 2.66.